The average molecular weight is 413 g/mol. The molecule has 3 heterocycles. The lowest BCUT2D eigenvalue weighted by Gasteiger charge is -2.16. The number of nitrogen functional groups attached to an aromatic ring is 1. The van der Waals surface area contributed by atoms with E-state index in [0.717, 1.165) is 11.8 Å². The van der Waals surface area contributed by atoms with Crippen LogP contribution in [0.15, 0.2) is 11.4 Å². The summed E-state index contributed by atoms with van der Waals surface area (Å²) in [6, 6.07) is 0. The number of esters is 1. The second-order valence-electron chi connectivity index (χ2n) is 5.87. The minimum Gasteiger partial charge on any atom is -0.460 e. The highest BCUT2D eigenvalue weighted by molar-refractivity contribution is 8.00. The zero-order chi connectivity index (χ0) is 20.4. The van der Waals surface area contributed by atoms with Crippen molar-refractivity contribution in [2.24, 2.45) is 0 Å². The van der Waals surface area contributed by atoms with Gasteiger partial charge in [0.1, 0.15) is 28.9 Å². The number of ether oxygens (including phenoxy) is 2. The maximum absolute atomic E-state index is 11.8. The first kappa shape index (κ1) is 20.4. The number of thioether (sulfide) groups is 1. The van der Waals surface area contributed by atoms with E-state index in [1.54, 1.807) is 6.92 Å². The molecule has 1 saturated heterocycles. The Morgan fingerprint density at radius 2 is 2.11 bits per heavy atom. The van der Waals surface area contributed by atoms with Gasteiger partial charge in [0.05, 0.1) is 25.3 Å². The summed E-state index contributed by atoms with van der Waals surface area (Å²) < 4.78 is 11.5. The molecule has 0 aliphatic carbocycles. The number of nitrogens with zero attached hydrogens (tertiary/aromatic N) is 4. The third-order valence-corrected chi connectivity index (χ3v) is 5.01. The predicted octanol–water partition coefficient (Wildman–Crippen LogP) is -1.76. The van der Waals surface area contributed by atoms with Gasteiger partial charge in [-0.05, 0) is 6.92 Å². The van der Waals surface area contributed by atoms with Crippen LogP contribution in [0.1, 0.15) is 13.2 Å². The number of aliphatic hydroxyl groups is 3. The monoisotopic (exact) mass is 413 g/mol. The normalized spacial score (nSPS) is 24.6. The van der Waals surface area contributed by atoms with Gasteiger partial charge in [0.15, 0.2) is 11.9 Å². The number of anilines is 1. The van der Waals surface area contributed by atoms with Crippen LogP contribution in [0.2, 0.25) is 0 Å². The fourth-order valence-corrected chi connectivity index (χ4v) is 3.53. The number of aromatic nitrogens is 4. The highest BCUT2D eigenvalue weighted by atomic mass is 32.2. The van der Waals surface area contributed by atoms with Crippen molar-refractivity contribution in [1.29, 1.82) is 0 Å². The first-order chi connectivity index (χ1) is 13.4. The molecule has 28 heavy (non-hydrogen) atoms. The highest BCUT2D eigenvalue weighted by Crippen LogP contribution is 2.33. The summed E-state index contributed by atoms with van der Waals surface area (Å²) in [7, 11) is 0. The molecule has 2 aromatic heterocycles. The zero-order valence-corrected chi connectivity index (χ0v) is 15.6. The number of carbonyl (C=O) groups is 2. The second kappa shape index (κ2) is 8.36. The molecule has 3 rings (SSSR count). The molecule has 13 heteroatoms. The predicted molar refractivity (Wildman–Crippen MR) is 95.1 cm³/mol. The lowest BCUT2D eigenvalue weighted by molar-refractivity contribution is -0.152. The fourth-order valence-electron chi connectivity index (χ4n) is 2.71. The minimum absolute atomic E-state index is 0.0920. The van der Waals surface area contributed by atoms with E-state index >= 15 is 0 Å². The molecule has 0 saturated carbocycles. The maximum atomic E-state index is 11.8. The number of fused-ring (bicyclic) bond motifs is 1. The van der Waals surface area contributed by atoms with Gasteiger partial charge in [-0.1, -0.05) is 11.8 Å². The van der Waals surface area contributed by atoms with Crippen molar-refractivity contribution < 1.29 is 34.4 Å². The van der Waals surface area contributed by atoms with Crippen molar-refractivity contribution in [1.82, 2.24) is 19.5 Å². The summed E-state index contributed by atoms with van der Waals surface area (Å²) in [5.74, 6) is -2.03. The number of aliphatic hydroxyl groups excluding tert-OH is 3. The van der Waals surface area contributed by atoms with Gasteiger partial charge in [-0.2, -0.15) is 4.98 Å². The molecule has 0 aromatic carbocycles. The Kier molecular flexibility index (Phi) is 6.10. The molecule has 5 N–H and O–H groups in total. The van der Waals surface area contributed by atoms with Gasteiger partial charge in [-0.15, -0.1) is 0 Å². The number of imidazole rings is 1. The maximum Gasteiger partial charge on any atom is 0.375 e. The number of rotatable bonds is 7. The molecule has 0 amide bonds. The molecule has 0 radical (unpaired) electrons. The summed E-state index contributed by atoms with van der Waals surface area (Å²) in [6.45, 7) is 1.21. The van der Waals surface area contributed by atoms with Crippen LogP contribution in [0, 0.1) is 0 Å². The van der Waals surface area contributed by atoms with Gasteiger partial charge in [0, 0.05) is 0 Å². The van der Waals surface area contributed by atoms with Crippen LogP contribution >= 0.6 is 11.8 Å². The molecular formula is C15H19N5O7S. The van der Waals surface area contributed by atoms with Gasteiger partial charge in [-0.3, -0.25) is 9.36 Å². The van der Waals surface area contributed by atoms with E-state index in [2.05, 4.69) is 19.7 Å². The van der Waals surface area contributed by atoms with Crippen LogP contribution in [0.3, 0.4) is 0 Å². The third kappa shape index (κ3) is 3.79. The average Bonchev–Trinajstić information content (AvgIpc) is 3.21. The molecule has 1 aliphatic rings. The van der Waals surface area contributed by atoms with Crippen molar-refractivity contribution in [2.75, 3.05) is 24.7 Å². The van der Waals surface area contributed by atoms with Gasteiger partial charge >= 0.3 is 5.97 Å². The van der Waals surface area contributed by atoms with Crippen LogP contribution in [0.5, 0.6) is 0 Å². The Morgan fingerprint density at radius 1 is 1.36 bits per heavy atom. The smallest absolute Gasteiger partial charge is 0.375 e. The van der Waals surface area contributed by atoms with Crippen LogP contribution < -0.4 is 5.73 Å². The Hall–Kier alpha value is -2.32. The van der Waals surface area contributed by atoms with Crippen molar-refractivity contribution in [3.8, 4) is 0 Å². The van der Waals surface area contributed by atoms with E-state index in [9.17, 15) is 24.9 Å². The first-order valence-corrected chi connectivity index (χ1v) is 9.31. The molecule has 12 nitrogen and oxygen atoms in total. The fraction of sp³-hybridized carbons (Fsp3) is 0.533. The van der Waals surface area contributed by atoms with E-state index in [-0.39, 0.29) is 34.5 Å². The van der Waals surface area contributed by atoms with E-state index < -0.39 is 42.9 Å². The topological polar surface area (TPSA) is 183 Å². The SMILES string of the molecule is CCOC(=O)C(=O)CSc1nc(N)nc2c1ncn2[C@@H]1O[C@H](CO)[C@H](O)C1O. The molecule has 0 bridgehead atoms. The number of ketones is 1. The summed E-state index contributed by atoms with van der Waals surface area (Å²) in [4.78, 5) is 35.5. The van der Waals surface area contributed by atoms with Crippen LogP contribution in [-0.2, 0) is 19.1 Å². The van der Waals surface area contributed by atoms with E-state index in [4.69, 9.17) is 10.5 Å². The third-order valence-electron chi connectivity index (χ3n) is 4.04. The first-order valence-electron chi connectivity index (χ1n) is 8.32. The number of carbonyl (C=O) groups excluding carboxylic acids is 2. The second-order valence-corrected chi connectivity index (χ2v) is 6.84. The lowest BCUT2D eigenvalue weighted by atomic mass is 10.1. The summed E-state index contributed by atoms with van der Waals surface area (Å²) >= 11 is 0.939. The van der Waals surface area contributed by atoms with Crippen molar-refractivity contribution in [3.63, 3.8) is 0 Å². The molecule has 4 atom stereocenters. The standard InChI is InChI=1S/C15H19N5O7S/c1-2-26-14(25)6(22)4-28-12-8-11(18-15(16)19-12)20(5-17-8)13-10(24)9(23)7(3-21)27-13/h5,7,9-10,13,21,23-24H,2-4H2,1H3,(H2,16,18,19)/t7-,9+,10?,13-/m1/s1. The van der Waals surface area contributed by atoms with Crippen molar-refractivity contribution in [2.45, 2.75) is 36.5 Å². The number of hydrogen-bond donors (Lipinski definition) is 4. The molecule has 0 spiro atoms. The molecular weight excluding hydrogens is 394 g/mol. The zero-order valence-electron chi connectivity index (χ0n) is 14.8. The van der Waals surface area contributed by atoms with Crippen LogP contribution in [-0.4, -0.2) is 83.9 Å². The largest absolute Gasteiger partial charge is 0.460 e. The summed E-state index contributed by atoms with van der Waals surface area (Å²) in [5.41, 5.74) is 6.21. The van der Waals surface area contributed by atoms with Crippen LogP contribution in [0.25, 0.3) is 11.2 Å². The molecule has 1 fully saturated rings. The van der Waals surface area contributed by atoms with Crippen LogP contribution in [0.4, 0.5) is 5.95 Å². The quantitative estimate of drug-likeness (QED) is 0.174. The van der Waals surface area contributed by atoms with E-state index in [0.29, 0.717) is 0 Å². The molecule has 2 aromatic rings. The summed E-state index contributed by atoms with van der Waals surface area (Å²) in [6.07, 6.45) is -3.32. The Balaban J connectivity index is 1.87. The summed E-state index contributed by atoms with van der Waals surface area (Å²) in [5, 5.41) is 29.6. The van der Waals surface area contributed by atoms with Gasteiger partial charge in [-0.25, -0.2) is 14.8 Å². The molecule has 152 valence electrons. The van der Waals surface area contributed by atoms with Crippen molar-refractivity contribution >= 4 is 40.6 Å². The molecule has 1 unspecified atom stereocenters. The molecule has 1 aliphatic heterocycles. The Morgan fingerprint density at radius 3 is 2.75 bits per heavy atom. The van der Waals surface area contributed by atoms with Gasteiger partial charge < -0.3 is 30.5 Å². The minimum atomic E-state index is -1.33. The van der Waals surface area contributed by atoms with E-state index in [1.165, 1.54) is 10.9 Å². The van der Waals surface area contributed by atoms with Crippen molar-refractivity contribution in [3.05, 3.63) is 6.33 Å². The number of hydrogen-bond acceptors (Lipinski definition) is 12. The highest BCUT2D eigenvalue weighted by Gasteiger charge is 2.44. The number of Topliss-reactive ketones (excluding diaryl/α,β-unsaturated/α-hetero) is 1. The lowest BCUT2D eigenvalue weighted by Crippen LogP contribution is -2.33. The Bertz CT molecular complexity index is 891. The van der Waals surface area contributed by atoms with Gasteiger partial charge in [0.2, 0.25) is 11.7 Å². The Labute approximate surface area is 162 Å². The van der Waals surface area contributed by atoms with Gasteiger partial charge in [0.25, 0.3) is 0 Å². The van der Waals surface area contributed by atoms with E-state index in [1.807, 2.05) is 0 Å². The number of nitrogens with two attached hydrogens (primary N) is 1.